The van der Waals surface area contributed by atoms with Gasteiger partial charge in [0.2, 0.25) is 11.8 Å². The maximum atomic E-state index is 10.8. The summed E-state index contributed by atoms with van der Waals surface area (Å²) in [4.78, 5) is 10.7. The van der Waals surface area contributed by atoms with Gasteiger partial charge in [0.1, 0.15) is 12.5 Å². The minimum Gasteiger partial charge on any atom is -0.494 e. The van der Waals surface area contributed by atoms with Crippen LogP contribution in [0.2, 0.25) is 0 Å². The number of aromatic hydroxyl groups is 2. The van der Waals surface area contributed by atoms with E-state index in [1.54, 1.807) is 18.2 Å². The van der Waals surface area contributed by atoms with Gasteiger partial charge in [0.05, 0.1) is 31.2 Å². The maximum Gasteiger partial charge on any atom is 0.332 e. The number of anilines is 1. The third-order valence-corrected chi connectivity index (χ3v) is 5.29. The van der Waals surface area contributed by atoms with Gasteiger partial charge in [0, 0.05) is 17.6 Å². The normalized spacial score (nSPS) is 22.5. The molecular weight excluding hydrogens is 410 g/mol. The van der Waals surface area contributed by atoms with Crippen LogP contribution in [0.5, 0.6) is 11.8 Å². The summed E-state index contributed by atoms with van der Waals surface area (Å²) in [6, 6.07) is 4.51. The first-order valence-electron chi connectivity index (χ1n) is 10.1. The van der Waals surface area contributed by atoms with Crippen LogP contribution in [0.25, 0.3) is 10.8 Å². The van der Waals surface area contributed by atoms with E-state index in [2.05, 4.69) is 10.6 Å². The monoisotopic (exact) mass is 439 g/mol. The smallest absolute Gasteiger partial charge is 0.332 e. The van der Waals surface area contributed by atoms with Crippen molar-refractivity contribution in [1.29, 1.82) is 0 Å². The lowest BCUT2D eigenvalue weighted by Gasteiger charge is -2.33. The Morgan fingerprint density at radius 3 is 2.71 bits per heavy atom. The number of carboxylic acids is 1. The van der Waals surface area contributed by atoms with Crippen LogP contribution >= 0.6 is 0 Å². The quantitative estimate of drug-likeness (QED) is 0.260. The number of benzene rings is 1. The van der Waals surface area contributed by atoms with Crippen molar-refractivity contribution in [3.63, 3.8) is 0 Å². The summed E-state index contributed by atoms with van der Waals surface area (Å²) >= 11 is 0. The Hall–Kier alpha value is -2.57. The van der Waals surface area contributed by atoms with Crippen molar-refractivity contribution in [3.05, 3.63) is 18.2 Å². The number of hydrogen-bond acceptors (Lipinski definition) is 9. The fourth-order valence-corrected chi connectivity index (χ4v) is 3.65. The molecule has 4 atom stereocenters. The molecule has 11 nitrogen and oxygen atoms in total. The summed E-state index contributed by atoms with van der Waals surface area (Å²) in [7, 11) is 0. The summed E-state index contributed by atoms with van der Waals surface area (Å²) in [6.45, 7) is 2.57. The molecule has 4 unspecified atom stereocenters. The Kier molecular flexibility index (Phi) is 7.57. The van der Waals surface area contributed by atoms with Crippen LogP contribution < -0.4 is 10.6 Å². The van der Waals surface area contributed by atoms with Crippen molar-refractivity contribution in [1.82, 2.24) is 9.88 Å². The number of carbonyl (C=O) groups is 1. The van der Waals surface area contributed by atoms with Crippen molar-refractivity contribution in [3.8, 4) is 11.8 Å². The van der Waals surface area contributed by atoms with Crippen molar-refractivity contribution in [2.45, 2.75) is 44.4 Å². The summed E-state index contributed by atoms with van der Waals surface area (Å²) < 4.78 is 11.8. The predicted octanol–water partition coefficient (Wildman–Crippen LogP) is 0.532. The fraction of sp³-hybridized carbons (Fsp3) is 0.550. The number of rotatable bonds is 10. The molecule has 11 heteroatoms. The second-order valence-corrected chi connectivity index (χ2v) is 7.41. The summed E-state index contributed by atoms with van der Waals surface area (Å²) in [5.74, 6) is -1.38. The van der Waals surface area contributed by atoms with Gasteiger partial charge < -0.3 is 40.3 Å². The van der Waals surface area contributed by atoms with E-state index >= 15 is 0 Å². The number of aromatic nitrogens is 1. The summed E-state index contributed by atoms with van der Waals surface area (Å²) in [5.41, 5.74) is 0.585. The van der Waals surface area contributed by atoms with Gasteiger partial charge in [-0.15, -0.1) is 0 Å². The molecule has 2 aromatic rings. The van der Waals surface area contributed by atoms with Crippen LogP contribution in [-0.2, 0) is 14.3 Å². The largest absolute Gasteiger partial charge is 0.494 e. The van der Waals surface area contributed by atoms with E-state index in [0.717, 1.165) is 0 Å². The standard InChI is InChI=1S/C20H29N3O8/c1-11(20(28)29)31-10-9-30-8-7-21-13-4-2-3-12-16(13)19(27)23(18(12)26)14-5-6-15(24)22-17(14)25/h2-4,11,14-15,17,21-22,24-27H,5-10H2,1H3,(H,28,29). The van der Waals surface area contributed by atoms with E-state index in [9.17, 15) is 25.2 Å². The molecule has 1 aromatic heterocycles. The molecule has 3 rings (SSSR count). The first-order chi connectivity index (χ1) is 14.8. The first-order valence-corrected chi connectivity index (χ1v) is 10.1. The molecule has 0 aliphatic carbocycles. The Morgan fingerprint density at radius 1 is 1.23 bits per heavy atom. The third kappa shape index (κ3) is 5.20. The number of ether oxygens (including phenoxy) is 2. The number of aliphatic hydroxyl groups excluding tert-OH is 2. The van der Waals surface area contributed by atoms with E-state index in [4.69, 9.17) is 14.6 Å². The Bertz CT molecular complexity index is 902. The summed E-state index contributed by atoms with van der Waals surface area (Å²) in [6.07, 6.45) is -2.11. The highest BCUT2D eigenvalue weighted by atomic mass is 16.5. The van der Waals surface area contributed by atoms with Crippen LogP contribution in [-0.4, -0.2) is 81.0 Å². The van der Waals surface area contributed by atoms with Gasteiger partial charge in [-0.25, -0.2) is 4.79 Å². The molecule has 1 aromatic carbocycles. The van der Waals surface area contributed by atoms with Gasteiger partial charge in [0.15, 0.2) is 6.10 Å². The van der Waals surface area contributed by atoms with Crippen molar-refractivity contribution in [2.24, 2.45) is 0 Å². The summed E-state index contributed by atoms with van der Waals surface area (Å²) in [5, 5.41) is 56.7. The molecule has 0 radical (unpaired) electrons. The molecule has 0 spiro atoms. The number of carboxylic acid groups (broad SMARTS) is 1. The number of fused-ring (bicyclic) bond motifs is 1. The number of nitrogens with zero attached hydrogens (tertiary/aromatic N) is 1. The second-order valence-electron chi connectivity index (χ2n) is 7.41. The highest BCUT2D eigenvalue weighted by molar-refractivity contribution is 6.02. The maximum absolute atomic E-state index is 10.8. The van der Waals surface area contributed by atoms with Gasteiger partial charge in [-0.05, 0) is 31.9 Å². The van der Waals surface area contributed by atoms with Gasteiger partial charge in [0.25, 0.3) is 0 Å². The molecule has 0 saturated carbocycles. The van der Waals surface area contributed by atoms with E-state index in [0.29, 0.717) is 42.5 Å². The van der Waals surface area contributed by atoms with Crippen LogP contribution in [0.1, 0.15) is 25.8 Å². The molecule has 1 aliphatic rings. The SMILES string of the molecule is CC(OCCOCCNc1cccc2c(O)n(C3CCC(O)NC3O)c(O)c12)C(=O)O. The minimum absolute atomic E-state index is 0.160. The molecule has 1 saturated heterocycles. The van der Waals surface area contributed by atoms with Gasteiger partial charge >= 0.3 is 5.97 Å². The zero-order chi connectivity index (χ0) is 22.5. The molecule has 1 aliphatic heterocycles. The van der Waals surface area contributed by atoms with Crippen LogP contribution in [0.4, 0.5) is 5.69 Å². The number of aliphatic hydroxyl groups is 2. The second kappa shape index (κ2) is 10.2. The zero-order valence-corrected chi connectivity index (χ0v) is 17.2. The Labute approximate surface area is 178 Å². The molecular formula is C20H29N3O8. The Balaban J connectivity index is 1.63. The highest BCUT2D eigenvalue weighted by Gasteiger charge is 2.33. The lowest BCUT2D eigenvalue weighted by Crippen LogP contribution is -2.47. The average Bonchev–Trinajstić information content (AvgIpc) is 2.98. The third-order valence-electron chi connectivity index (χ3n) is 5.29. The zero-order valence-electron chi connectivity index (χ0n) is 17.2. The van der Waals surface area contributed by atoms with Gasteiger partial charge in [-0.3, -0.25) is 9.88 Å². The molecule has 0 amide bonds. The molecule has 31 heavy (non-hydrogen) atoms. The number of piperidine rings is 1. The van der Waals surface area contributed by atoms with E-state index < -0.39 is 30.6 Å². The Morgan fingerprint density at radius 2 is 2.00 bits per heavy atom. The van der Waals surface area contributed by atoms with E-state index in [-0.39, 0.29) is 25.0 Å². The van der Waals surface area contributed by atoms with E-state index in [1.807, 2.05) is 0 Å². The lowest BCUT2D eigenvalue weighted by molar-refractivity contribution is -0.149. The number of aliphatic carboxylic acids is 1. The van der Waals surface area contributed by atoms with Crippen LogP contribution in [0, 0.1) is 0 Å². The number of hydrogen-bond donors (Lipinski definition) is 7. The molecule has 1 fully saturated rings. The lowest BCUT2D eigenvalue weighted by atomic mass is 10.0. The first kappa shape index (κ1) is 23.1. The van der Waals surface area contributed by atoms with Crippen LogP contribution in [0.15, 0.2) is 18.2 Å². The highest BCUT2D eigenvalue weighted by Crippen LogP contribution is 2.44. The average molecular weight is 439 g/mol. The molecule has 0 bridgehead atoms. The molecule has 7 N–H and O–H groups in total. The molecule has 172 valence electrons. The fourth-order valence-electron chi connectivity index (χ4n) is 3.65. The minimum atomic E-state index is -1.13. The van der Waals surface area contributed by atoms with Crippen LogP contribution in [0.3, 0.4) is 0 Å². The topological polar surface area (TPSA) is 166 Å². The van der Waals surface area contributed by atoms with Crippen molar-refractivity contribution >= 4 is 22.4 Å². The predicted molar refractivity (Wildman–Crippen MR) is 111 cm³/mol. The van der Waals surface area contributed by atoms with Crippen molar-refractivity contribution < 1.29 is 39.8 Å². The molecule has 2 heterocycles. The van der Waals surface area contributed by atoms with Gasteiger partial charge in [-0.2, -0.15) is 0 Å². The van der Waals surface area contributed by atoms with Crippen molar-refractivity contribution in [2.75, 3.05) is 31.7 Å². The van der Waals surface area contributed by atoms with Gasteiger partial charge in [-0.1, -0.05) is 6.07 Å². The number of nitrogens with one attached hydrogen (secondary N) is 2. The van der Waals surface area contributed by atoms with E-state index in [1.165, 1.54) is 11.5 Å².